The lowest BCUT2D eigenvalue weighted by molar-refractivity contribution is 0.0579. The SMILES string of the molecule is CC(C)(C)OC(=O)N(CCc1cc2c(cc1C#N)OCO2)c1cc(Cl)ncn1. The minimum Gasteiger partial charge on any atom is -0.454 e. The molecule has 2 heterocycles. The second kappa shape index (κ2) is 7.90. The molecule has 1 aliphatic heterocycles. The number of anilines is 1. The van der Waals surface area contributed by atoms with Gasteiger partial charge < -0.3 is 14.2 Å². The zero-order chi connectivity index (χ0) is 20.3. The molecule has 0 atom stereocenters. The molecule has 0 saturated heterocycles. The van der Waals surface area contributed by atoms with Crippen molar-refractivity contribution in [1.82, 2.24) is 9.97 Å². The molecule has 8 nitrogen and oxygen atoms in total. The number of ether oxygens (including phenoxy) is 3. The van der Waals surface area contributed by atoms with Gasteiger partial charge >= 0.3 is 6.09 Å². The van der Waals surface area contributed by atoms with Crippen LogP contribution in [-0.2, 0) is 11.2 Å². The molecule has 1 aromatic heterocycles. The van der Waals surface area contributed by atoms with Crippen LogP contribution in [0.5, 0.6) is 11.5 Å². The highest BCUT2D eigenvalue weighted by Crippen LogP contribution is 2.35. The number of carbonyl (C=O) groups is 1. The van der Waals surface area contributed by atoms with Crippen molar-refractivity contribution in [3.05, 3.63) is 40.8 Å². The quantitative estimate of drug-likeness (QED) is 0.719. The number of aromatic nitrogens is 2. The second-order valence-corrected chi connectivity index (χ2v) is 7.44. The number of nitrogens with zero attached hydrogens (tertiary/aromatic N) is 4. The van der Waals surface area contributed by atoms with E-state index in [2.05, 4.69) is 16.0 Å². The molecule has 1 aromatic carbocycles. The summed E-state index contributed by atoms with van der Waals surface area (Å²) in [7, 11) is 0. The summed E-state index contributed by atoms with van der Waals surface area (Å²) in [6.45, 7) is 5.68. The molecule has 0 aliphatic carbocycles. The van der Waals surface area contributed by atoms with E-state index in [1.165, 1.54) is 17.3 Å². The average Bonchev–Trinajstić information content (AvgIpc) is 3.07. The van der Waals surface area contributed by atoms with Crippen LogP contribution in [0, 0.1) is 11.3 Å². The van der Waals surface area contributed by atoms with Gasteiger partial charge in [-0.25, -0.2) is 14.8 Å². The molecule has 0 N–H and O–H groups in total. The Morgan fingerprint density at radius 3 is 2.64 bits per heavy atom. The molecule has 0 spiro atoms. The molecule has 0 saturated carbocycles. The highest BCUT2D eigenvalue weighted by molar-refractivity contribution is 6.29. The van der Waals surface area contributed by atoms with Gasteiger partial charge in [0, 0.05) is 18.7 Å². The zero-order valence-corrected chi connectivity index (χ0v) is 16.5. The summed E-state index contributed by atoms with van der Waals surface area (Å²) in [5.74, 6) is 1.42. The maximum atomic E-state index is 12.7. The maximum Gasteiger partial charge on any atom is 0.416 e. The van der Waals surface area contributed by atoms with Gasteiger partial charge in [0.2, 0.25) is 6.79 Å². The van der Waals surface area contributed by atoms with Crippen molar-refractivity contribution in [1.29, 1.82) is 5.26 Å². The van der Waals surface area contributed by atoms with Crippen molar-refractivity contribution in [3.63, 3.8) is 0 Å². The fourth-order valence-corrected chi connectivity index (χ4v) is 2.76. The van der Waals surface area contributed by atoms with Gasteiger partial charge in [0.1, 0.15) is 22.9 Å². The van der Waals surface area contributed by atoms with E-state index in [0.29, 0.717) is 29.3 Å². The summed E-state index contributed by atoms with van der Waals surface area (Å²) in [5.41, 5.74) is 0.498. The Bertz CT molecular complexity index is 937. The van der Waals surface area contributed by atoms with Crippen LogP contribution < -0.4 is 14.4 Å². The lowest BCUT2D eigenvalue weighted by atomic mass is 10.0. The molecule has 9 heteroatoms. The van der Waals surface area contributed by atoms with Gasteiger partial charge in [0.25, 0.3) is 0 Å². The van der Waals surface area contributed by atoms with Crippen LogP contribution in [0.1, 0.15) is 31.9 Å². The number of hydrogen-bond acceptors (Lipinski definition) is 7. The third kappa shape index (κ3) is 4.61. The fraction of sp³-hybridized carbons (Fsp3) is 0.368. The molecular weight excluding hydrogens is 384 g/mol. The van der Waals surface area contributed by atoms with Gasteiger partial charge in [0.15, 0.2) is 11.5 Å². The van der Waals surface area contributed by atoms with Gasteiger partial charge in [-0.1, -0.05) is 11.6 Å². The van der Waals surface area contributed by atoms with E-state index in [1.54, 1.807) is 32.9 Å². The molecule has 146 valence electrons. The van der Waals surface area contributed by atoms with Crippen molar-refractivity contribution in [2.45, 2.75) is 32.8 Å². The van der Waals surface area contributed by atoms with E-state index in [9.17, 15) is 10.1 Å². The highest BCUT2D eigenvalue weighted by Gasteiger charge is 2.25. The van der Waals surface area contributed by atoms with E-state index >= 15 is 0 Å². The molecule has 0 unspecified atom stereocenters. The third-order valence-electron chi connectivity index (χ3n) is 3.83. The first-order chi connectivity index (χ1) is 13.3. The summed E-state index contributed by atoms with van der Waals surface area (Å²) in [6.07, 6.45) is 1.08. The van der Waals surface area contributed by atoms with Crippen LogP contribution in [0.3, 0.4) is 0 Å². The molecular formula is C19H19ClN4O4. The van der Waals surface area contributed by atoms with Gasteiger partial charge in [-0.3, -0.25) is 4.90 Å². The Kier molecular flexibility index (Phi) is 5.56. The van der Waals surface area contributed by atoms with Crippen LogP contribution in [-0.4, -0.2) is 35.0 Å². The van der Waals surface area contributed by atoms with Crippen LogP contribution in [0.4, 0.5) is 10.6 Å². The highest BCUT2D eigenvalue weighted by atomic mass is 35.5. The molecule has 3 rings (SSSR count). The van der Waals surface area contributed by atoms with E-state index in [0.717, 1.165) is 5.56 Å². The van der Waals surface area contributed by atoms with Crippen LogP contribution in [0.2, 0.25) is 5.15 Å². The minimum atomic E-state index is -0.678. The van der Waals surface area contributed by atoms with Crippen molar-refractivity contribution >= 4 is 23.5 Å². The standard InChI is InChI=1S/C19H19ClN4O4/c1-19(2,3)28-18(25)24(17-8-16(20)22-10-23-17)5-4-12-6-14-15(27-11-26-14)7-13(12)9-21/h6-8,10H,4-5,11H2,1-3H3. The zero-order valence-electron chi connectivity index (χ0n) is 15.7. The topological polar surface area (TPSA) is 97.6 Å². The molecule has 0 bridgehead atoms. The van der Waals surface area contributed by atoms with Gasteiger partial charge in [-0.2, -0.15) is 5.26 Å². The van der Waals surface area contributed by atoms with Gasteiger partial charge in [-0.15, -0.1) is 0 Å². The largest absolute Gasteiger partial charge is 0.454 e. The van der Waals surface area contributed by atoms with Crippen molar-refractivity contribution in [2.75, 3.05) is 18.2 Å². The predicted molar refractivity (Wildman–Crippen MR) is 102 cm³/mol. The van der Waals surface area contributed by atoms with Gasteiger partial charge in [0.05, 0.1) is 11.6 Å². The van der Waals surface area contributed by atoms with Crippen LogP contribution in [0.15, 0.2) is 24.5 Å². The summed E-state index contributed by atoms with van der Waals surface area (Å²) in [4.78, 5) is 22.1. The number of carbonyl (C=O) groups excluding carboxylic acids is 1. The number of nitriles is 1. The Hall–Kier alpha value is -3.05. The Labute approximate surface area is 167 Å². The molecule has 0 fully saturated rings. The van der Waals surface area contributed by atoms with Crippen LogP contribution in [0.25, 0.3) is 0 Å². The summed E-state index contributed by atoms with van der Waals surface area (Å²) < 4.78 is 16.2. The summed E-state index contributed by atoms with van der Waals surface area (Å²) in [6, 6.07) is 7.02. The molecule has 0 radical (unpaired) electrons. The minimum absolute atomic E-state index is 0.118. The first-order valence-corrected chi connectivity index (χ1v) is 8.95. The normalized spacial score (nSPS) is 12.4. The number of hydrogen-bond donors (Lipinski definition) is 0. The summed E-state index contributed by atoms with van der Waals surface area (Å²) >= 11 is 5.95. The molecule has 1 aliphatic rings. The molecule has 1 amide bonds. The van der Waals surface area contributed by atoms with E-state index in [1.807, 2.05) is 0 Å². The molecule has 28 heavy (non-hydrogen) atoms. The van der Waals surface area contributed by atoms with E-state index in [4.69, 9.17) is 25.8 Å². The fourth-order valence-electron chi connectivity index (χ4n) is 2.62. The Morgan fingerprint density at radius 2 is 2.00 bits per heavy atom. The van der Waals surface area contributed by atoms with Crippen molar-refractivity contribution in [2.24, 2.45) is 0 Å². The number of fused-ring (bicyclic) bond motifs is 1. The Morgan fingerprint density at radius 1 is 1.29 bits per heavy atom. The van der Waals surface area contributed by atoms with Gasteiger partial charge in [-0.05, 0) is 38.8 Å². The number of rotatable bonds is 4. The lowest BCUT2D eigenvalue weighted by Crippen LogP contribution is -2.38. The maximum absolute atomic E-state index is 12.7. The number of amides is 1. The third-order valence-corrected chi connectivity index (χ3v) is 4.04. The van der Waals surface area contributed by atoms with E-state index < -0.39 is 11.7 Å². The first-order valence-electron chi connectivity index (χ1n) is 8.57. The Balaban J connectivity index is 1.86. The average molecular weight is 403 g/mol. The van der Waals surface area contributed by atoms with Crippen molar-refractivity contribution in [3.8, 4) is 17.6 Å². The lowest BCUT2D eigenvalue weighted by Gasteiger charge is -2.27. The number of halogens is 1. The first kappa shape index (κ1) is 19.7. The predicted octanol–water partition coefficient (Wildman–Crippen LogP) is 3.71. The monoisotopic (exact) mass is 402 g/mol. The number of benzene rings is 1. The smallest absolute Gasteiger partial charge is 0.416 e. The molecule has 2 aromatic rings. The van der Waals surface area contributed by atoms with Crippen LogP contribution >= 0.6 is 11.6 Å². The second-order valence-electron chi connectivity index (χ2n) is 7.06. The van der Waals surface area contributed by atoms with E-state index in [-0.39, 0.29) is 18.5 Å². The summed E-state index contributed by atoms with van der Waals surface area (Å²) in [5, 5.41) is 9.65. The van der Waals surface area contributed by atoms with Crippen molar-refractivity contribution < 1.29 is 19.0 Å².